The van der Waals surface area contributed by atoms with E-state index in [9.17, 15) is 9.50 Å². The minimum Gasteiger partial charge on any atom is -0.390 e. The first-order valence-electron chi connectivity index (χ1n) is 5.65. The molecule has 2 heteroatoms. The lowest BCUT2D eigenvalue weighted by molar-refractivity contribution is 0.0391. The molecule has 0 bridgehead atoms. The Hall–Kier alpha value is -0.890. The predicted octanol–water partition coefficient (Wildman–Crippen LogP) is 3.06. The van der Waals surface area contributed by atoms with Crippen molar-refractivity contribution in [2.24, 2.45) is 0 Å². The lowest BCUT2D eigenvalue weighted by atomic mass is 9.93. The summed E-state index contributed by atoms with van der Waals surface area (Å²) >= 11 is 0. The maximum atomic E-state index is 12.9. The van der Waals surface area contributed by atoms with Gasteiger partial charge in [0, 0.05) is 0 Å². The highest BCUT2D eigenvalue weighted by Crippen LogP contribution is 2.33. The lowest BCUT2D eigenvalue weighted by Gasteiger charge is -2.21. The van der Waals surface area contributed by atoms with E-state index in [2.05, 4.69) is 0 Å². The third-order valence-electron chi connectivity index (χ3n) is 3.30. The van der Waals surface area contributed by atoms with Crippen molar-refractivity contribution < 1.29 is 9.50 Å². The molecule has 0 saturated heterocycles. The van der Waals surface area contributed by atoms with Gasteiger partial charge in [-0.25, -0.2) is 4.39 Å². The van der Waals surface area contributed by atoms with Crippen LogP contribution in [0.4, 0.5) is 4.39 Å². The lowest BCUT2D eigenvalue weighted by Crippen LogP contribution is -2.24. The van der Waals surface area contributed by atoms with Crippen molar-refractivity contribution >= 4 is 0 Å². The fraction of sp³-hybridized carbons (Fsp3) is 0.538. The molecule has 0 aromatic heterocycles. The van der Waals surface area contributed by atoms with Crippen LogP contribution in [0.5, 0.6) is 0 Å². The Morgan fingerprint density at radius 2 is 2.00 bits per heavy atom. The molecule has 0 aliphatic heterocycles. The number of rotatable bonds is 3. The van der Waals surface area contributed by atoms with Crippen LogP contribution in [0.1, 0.15) is 37.7 Å². The monoisotopic (exact) mass is 208 g/mol. The van der Waals surface area contributed by atoms with E-state index < -0.39 is 5.60 Å². The molecule has 2 rings (SSSR count). The Balaban J connectivity index is 1.92. The second-order valence-corrected chi connectivity index (χ2v) is 4.56. The molecular formula is C13H17FO. The molecule has 0 spiro atoms. The van der Waals surface area contributed by atoms with Crippen LogP contribution >= 0.6 is 0 Å². The van der Waals surface area contributed by atoms with Crippen molar-refractivity contribution in [2.45, 2.75) is 44.1 Å². The molecule has 1 N–H and O–H groups in total. The van der Waals surface area contributed by atoms with Gasteiger partial charge in [0.05, 0.1) is 5.60 Å². The maximum absolute atomic E-state index is 12.9. The Bertz CT molecular complexity index is 329. The van der Waals surface area contributed by atoms with Crippen molar-refractivity contribution in [1.29, 1.82) is 0 Å². The van der Waals surface area contributed by atoms with Gasteiger partial charge in [-0.1, -0.05) is 25.0 Å². The molecule has 0 unspecified atom stereocenters. The first-order chi connectivity index (χ1) is 7.18. The van der Waals surface area contributed by atoms with E-state index in [1.165, 1.54) is 6.07 Å². The van der Waals surface area contributed by atoms with Crippen LogP contribution < -0.4 is 0 Å². The Labute approximate surface area is 89.9 Å². The van der Waals surface area contributed by atoms with Crippen molar-refractivity contribution in [2.75, 3.05) is 0 Å². The number of benzene rings is 1. The van der Waals surface area contributed by atoms with Gasteiger partial charge in [0.15, 0.2) is 0 Å². The molecule has 1 aromatic rings. The SMILES string of the molecule is OC1(CCc2cccc(F)c2)CCCC1. The fourth-order valence-electron chi connectivity index (χ4n) is 2.35. The van der Waals surface area contributed by atoms with E-state index in [1.54, 1.807) is 12.1 Å². The predicted molar refractivity (Wildman–Crippen MR) is 58.1 cm³/mol. The highest BCUT2D eigenvalue weighted by molar-refractivity contribution is 5.16. The summed E-state index contributed by atoms with van der Waals surface area (Å²) in [5.74, 6) is -0.189. The second kappa shape index (κ2) is 4.31. The summed E-state index contributed by atoms with van der Waals surface area (Å²) in [6.45, 7) is 0. The van der Waals surface area contributed by atoms with Crippen LogP contribution in [0.3, 0.4) is 0 Å². The zero-order valence-corrected chi connectivity index (χ0v) is 8.88. The van der Waals surface area contributed by atoms with E-state index in [0.29, 0.717) is 0 Å². The third kappa shape index (κ3) is 2.78. The number of aryl methyl sites for hydroxylation is 1. The van der Waals surface area contributed by atoms with Gasteiger partial charge in [0.2, 0.25) is 0 Å². The Kier molecular flexibility index (Phi) is 3.06. The van der Waals surface area contributed by atoms with Crippen molar-refractivity contribution in [3.63, 3.8) is 0 Å². The topological polar surface area (TPSA) is 20.2 Å². The van der Waals surface area contributed by atoms with Gasteiger partial charge in [-0.15, -0.1) is 0 Å². The maximum Gasteiger partial charge on any atom is 0.123 e. The minimum absolute atomic E-state index is 0.189. The summed E-state index contributed by atoms with van der Waals surface area (Å²) in [5, 5.41) is 10.1. The van der Waals surface area contributed by atoms with Gasteiger partial charge in [0.1, 0.15) is 5.82 Å². The van der Waals surface area contributed by atoms with Crippen molar-refractivity contribution in [1.82, 2.24) is 0 Å². The highest BCUT2D eigenvalue weighted by Gasteiger charge is 2.30. The molecule has 1 aliphatic rings. The third-order valence-corrected chi connectivity index (χ3v) is 3.30. The molecule has 1 fully saturated rings. The molecule has 0 radical (unpaired) electrons. The summed E-state index contributed by atoms with van der Waals surface area (Å²) in [6, 6.07) is 6.65. The zero-order chi connectivity index (χ0) is 10.7. The van der Waals surface area contributed by atoms with E-state index in [1.807, 2.05) is 6.07 Å². The average molecular weight is 208 g/mol. The zero-order valence-electron chi connectivity index (χ0n) is 8.88. The quantitative estimate of drug-likeness (QED) is 0.809. The summed E-state index contributed by atoms with van der Waals surface area (Å²) in [6.07, 6.45) is 5.59. The van der Waals surface area contributed by atoms with E-state index in [0.717, 1.165) is 44.1 Å². The van der Waals surface area contributed by atoms with Gasteiger partial charge in [0.25, 0.3) is 0 Å². The fourth-order valence-corrected chi connectivity index (χ4v) is 2.35. The van der Waals surface area contributed by atoms with Crippen LogP contribution in [0.2, 0.25) is 0 Å². The summed E-state index contributed by atoms with van der Waals surface area (Å²) < 4.78 is 12.9. The molecule has 1 aliphatic carbocycles. The molecule has 0 heterocycles. The van der Waals surface area contributed by atoms with Gasteiger partial charge in [-0.05, 0) is 43.4 Å². The van der Waals surface area contributed by atoms with E-state index in [4.69, 9.17) is 0 Å². The largest absolute Gasteiger partial charge is 0.390 e. The van der Waals surface area contributed by atoms with Crippen LogP contribution in [0.15, 0.2) is 24.3 Å². The molecule has 0 amide bonds. The van der Waals surface area contributed by atoms with Crippen LogP contribution in [0, 0.1) is 5.82 Å². The normalized spacial score (nSPS) is 19.3. The summed E-state index contributed by atoms with van der Waals surface area (Å²) in [7, 11) is 0. The molecular weight excluding hydrogens is 191 g/mol. The highest BCUT2D eigenvalue weighted by atomic mass is 19.1. The second-order valence-electron chi connectivity index (χ2n) is 4.56. The molecule has 1 saturated carbocycles. The first-order valence-corrected chi connectivity index (χ1v) is 5.65. The average Bonchev–Trinajstić information content (AvgIpc) is 2.63. The number of hydrogen-bond donors (Lipinski definition) is 1. The van der Waals surface area contributed by atoms with Crippen molar-refractivity contribution in [3.8, 4) is 0 Å². The molecule has 1 nitrogen and oxygen atoms in total. The standard InChI is InChI=1S/C13H17FO/c14-12-5-3-4-11(10-12)6-9-13(15)7-1-2-8-13/h3-5,10,15H,1-2,6-9H2. The summed E-state index contributed by atoms with van der Waals surface area (Å²) in [4.78, 5) is 0. The van der Waals surface area contributed by atoms with Gasteiger partial charge in [-0.3, -0.25) is 0 Å². The van der Waals surface area contributed by atoms with Gasteiger partial charge >= 0.3 is 0 Å². The van der Waals surface area contributed by atoms with Crippen molar-refractivity contribution in [3.05, 3.63) is 35.6 Å². The minimum atomic E-state index is -0.480. The number of hydrogen-bond acceptors (Lipinski definition) is 1. The Morgan fingerprint density at radius 1 is 1.27 bits per heavy atom. The molecule has 1 aromatic carbocycles. The van der Waals surface area contributed by atoms with E-state index in [-0.39, 0.29) is 5.82 Å². The molecule has 15 heavy (non-hydrogen) atoms. The Morgan fingerprint density at radius 3 is 2.67 bits per heavy atom. The smallest absolute Gasteiger partial charge is 0.123 e. The van der Waals surface area contributed by atoms with Gasteiger partial charge in [-0.2, -0.15) is 0 Å². The molecule has 82 valence electrons. The number of halogens is 1. The van der Waals surface area contributed by atoms with Crippen LogP contribution in [-0.2, 0) is 6.42 Å². The van der Waals surface area contributed by atoms with Crippen LogP contribution in [-0.4, -0.2) is 10.7 Å². The number of aliphatic hydroxyl groups is 1. The molecule has 0 atom stereocenters. The van der Waals surface area contributed by atoms with Crippen LogP contribution in [0.25, 0.3) is 0 Å². The first kappa shape index (κ1) is 10.6. The van der Waals surface area contributed by atoms with Gasteiger partial charge < -0.3 is 5.11 Å². The summed E-state index contributed by atoms with van der Waals surface area (Å²) in [5.41, 5.74) is 0.502. The van der Waals surface area contributed by atoms with E-state index >= 15 is 0 Å².